The molecule has 1 aromatic heterocycles. The minimum absolute atomic E-state index is 0.349. The van der Waals surface area contributed by atoms with E-state index in [1.165, 1.54) is 17.4 Å². The summed E-state index contributed by atoms with van der Waals surface area (Å²) in [4.78, 5) is 0.844. The summed E-state index contributed by atoms with van der Waals surface area (Å²) in [6.07, 6.45) is -0.00610. The largest absolute Gasteiger partial charge is 0.383 e. The van der Waals surface area contributed by atoms with Gasteiger partial charge in [0.2, 0.25) is 0 Å². The molecule has 1 nitrogen and oxygen atoms in total. The molecule has 0 aliphatic rings. The van der Waals surface area contributed by atoms with Crippen molar-refractivity contribution in [2.45, 2.75) is 26.4 Å². The lowest BCUT2D eigenvalue weighted by Gasteiger charge is -2.13. The first-order valence-electron chi connectivity index (χ1n) is 5.64. The number of aryl methyl sites for hydroxylation is 2. The highest BCUT2D eigenvalue weighted by atomic mass is 32.1. The number of rotatable bonds is 3. The van der Waals surface area contributed by atoms with Crippen molar-refractivity contribution in [3.05, 3.63) is 57.0 Å². The van der Waals surface area contributed by atoms with E-state index in [4.69, 9.17) is 0 Å². The number of hydrogen-bond acceptors (Lipinski definition) is 2. The number of aliphatic hydroxyl groups excluding tert-OH is 1. The van der Waals surface area contributed by atoms with E-state index >= 15 is 0 Å². The van der Waals surface area contributed by atoms with Crippen molar-refractivity contribution < 1.29 is 9.50 Å². The van der Waals surface area contributed by atoms with Crippen LogP contribution in [0.4, 0.5) is 4.39 Å². The van der Waals surface area contributed by atoms with E-state index < -0.39 is 6.10 Å². The zero-order valence-electron chi connectivity index (χ0n) is 9.90. The van der Waals surface area contributed by atoms with Crippen molar-refractivity contribution in [2.24, 2.45) is 0 Å². The quantitative estimate of drug-likeness (QED) is 0.877. The number of benzene rings is 1. The number of thiophene rings is 1. The van der Waals surface area contributed by atoms with Crippen LogP contribution in [-0.4, -0.2) is 5.11 Å². The molecule has 1 atom stereocenters. The fraction of sp³-hybridized carbons (Fsp3) is 0.286. The fourth-order valence-electron chi connectivity index (χ4n) is 1.89. The minimum atomic E-state index is -0.857. The highest BCUT2D eigenvalue weighted by molar-refractivity contribution is 7.10. The first-order chi connectivity index (χ1) is 8.13. The Kier molecular flexibility index (Phi) is 3.60. The van der Waals surface area contributed by atoms with Gasteiger partial charge in [-0.05, 0) is 36.4 Å². The first kappa shape index (κ1) is 12.3. The molecule has 3 heteroatoms. The molecule has 17 heavy (non-hydrogen) atoms. The van der Waals surface area contributed by atoms with Gasteiger partial charge in [0, 0.05) is 10.4 Å². The predicted molar refractivity (Wildman–Crippen MR) is 68.9 cm³/mol. The van der Waals surface area contributed by atoms with Gasteiger partial charge in [0.15, 0.2) is 0 Å². The molecule has 1 N–H and O–H groups in total. The van der Waals surface area contributed by atoms with Crippen LogP contribution < -0.4 is 0 Å². The van der Waals surface area contributed by atoms with E-state index in [0.29, 0.717) is 5.56 Å². The van der Waals surface area contributed by atoms with Crippen LogP contribution in [-0.2, 0) is 6.42 Å². The van der Waals surface area contributed by atoms with E-state index in [-0.39, 0.29) is 5.82 Å². The van der Waals surface area contributed by atoms with Crippen molar-refractivity contribution in [3.8, 4) is 0 Å². The molecule has 0 fully saturated rings. The standard InChI is InChI=1S/C14H15FOS/c1-3-10-6-7-17-14(10)13(16)11-8-9(2)4-5-12(11)15/h4-8,13,16H,3H2,1-2H3. The molecule has 0 saturated heterocycles. The Labute approximate surface area is 105 Å². The van der Waals surface area contributed by atoms with Crippen LogP contribution in [0.3, 0.4) is 0 Å². The topological polar surface area (TPSA) is 20.2 Å². The maximum atomic E-state index is 13.7. The molecule has 0 amide bonds. The summed E-state index contributed by atoms with van der Waals surface area (Å²) in [5, 5.41) is 12.2. The van der Waals surface area contributed by atoms with Gasteiger partial charge in [-0.1, -0.05) is 24.6 Å². The summed E-state index contributed by atoms with van der Waals surface area (Å²) in [6, 6.07) is 6.81. The lowest BCUT2D eigenvalue weighted by atomic mass is 10.0. The molecule has 0 aliphatic heterocycles. The molecule has 2 aromatic rings. The number of halogens is 1. The molecule has 0 bridgehead atoms. The molecule has 0 radical (unpaired) electrons. The van der Waals surface area contributed by atoms with Crippen molar-refractivity contribution in [1.29, 1.82) is 0 Å². The zero-order chi connectivity index (χ0) is 12.4. The monoisotopic (exact) mass is 250 g/mol. The lowest BCUT2D eigenvalue weighted by molar-refractivity contribution is 0.217. The van der Waals surface area contributed by atoms with E-state index in [2.05, 4.69) is 0 Å². The van der Waals surface area contributed by atoms with Crippen molar-refractivity contribution in [1.82, 2.24) is 0 Å². The molecule has 0 aliphatic carbocycles. The van der Waals surface area contributed by atoms with Crippen LogP contribution >= 0.6 is 11.3 Å². The third kappa shape index (κ3) is 2.40. The second-order valence-electron chi connectivity index (χ2n) is 4.09. The molecule has 90 valence electrons. The van der Waals surface area contributed by atoms with Gasteiger partial charge in [0.05, 0.1) is 0 Å². The average molecular weight is 250 g/mol. The van der Waals surface area contributed by atoms with Crippen molar-refractivity contribution in [3.63, 3.8) is 0 Å². The molecular weight excluding hydrogens is 235 g/mol. The van der Waals surface area contributed by atoms with E-state index in [9.17, 15) is 9.50 Å². The van der Waals surface area contributed by atoms with Crippen LogP contribution in [0.5, 0.6) is 0 Å². The van der Waals surface area contributed by atoms with Gasteiger partial charge in [0.25, 0.3) is 0 Å². The third-order valence-electron chi connectivity index (χ3n) is 2.86. The molecule has 0 spiro atoms. The molecule has 1 heterocycles. The molecule has 2 rings (SSSR count). The van der Waals surface area contributed by atoms with E-state index in [1.54, 1.807) is 12.1 Å². The second-order valence-corrected chi connectivity index (χ2v) is 5.04. The summed E-state index contributed by atoms with van der Waals surface area (Å²) in [7, 11) is 0. The Balaban J connectivity index is 2.43. The van der Waals surface area contributed by atoms with Gasteiger partial charge in [-0.3, -0.25) is 0 Å². The van der Waals surface area contributed by atoms with Gasteiger partial charge in [-0.2, -0.15) is 0 Å². The summed E-state index contributed by atoms with van der Waals surface area (Å²) >= 11 is 1.47. The van der Waals surface area contributed by atoms with Crippen LogP contribution in [0.15, 0.2) is 29.6 Å². The van der Waals surface area contributed by atoms with Crippen LogP contribution in [0.25, 0.3) is 0 Å². The second kappa shape index (κ2) is 4.98. The smallest absolute Gasteiger partial charge is 0.129 e. The molecular formula is C14H15FOS. The van der Waals surface area contributed by atoms with Crippen LogP contribution in [0.2, 0.25) is 0 Å². The van der Waals surface area contributed by atoms with Gasteiger partial charge in [-0.25, -0.2) is 4.39 Å². The third-order valence-corrected chi connectivity index (χ3v) is 3.87. The van der Waals surface area contributed by atoms with Crippen molar-refractivity contribution >= 4 is 11.3 Å². The summed E-state index contributed by atoms with van der Waals surface area (Å²) in [5.74, 6) is -0.349. The Morgan fingerprint density at radius 1 is 1.35 bits per heavy atom. The lowest BCUT2D eigenvalue weighted by Crippen LogP contribution is -2.03. The predicted octanol–water partition coefficient (Wildman–Crippen LogP) is 3.84. The number of hydrogen-bond donors (Lipinski definition) is 1. The van der Waals surface area contributed by atoms with Gasteiger partial charge < -0.3 is 5.11 Å². The fourth-order valence-corrected chi connectivity index (χ4v) is 2.89. The average Bonchev–Trinajstić information content (AvgIpc) is 2.79. The Bertz CT molecular complexity index is 519. The molecule has 1 aromatic carbocycles. The highest BCUT2D eigenvalue weighted by Gasteiger charge is 2.18. The summed E-state index contributed by atoms with van der Waals surface area (Å²) in [6.45, 7) is 3.93. The normalized spacial score (nSPS) is 12.7. The van der Waals surface area contributed by atoms with E-state index in [0.717, 1.165) is 22.4 Å². The summed E-state index contributed by atoms with van der Waals surface area (Å²) in [5.41, 5.74) is 2.40. The van der Waals surface area contributed by atoms with Crippen LogP contribution in [0.1, 0.15) is 34.6 Å². The maximum Gasteiger partial charge on any atom is 0.129 e. The van der Waals surface area contributed by atoms with Crippen LogP contribution in [0, 0.1) is 12.7 Å². The maximum absolute atomic E-state index is 13.7. The summed E-state index contributed by atoms with van der Waals surface area (Å²) < 4.78 is 13.7. The molecule has 0 saturated carbocycles. The minimum Gasteiger partial charge on any atom is -0.383 e. The molecule has 1 unspecified atom stereocenters. The number of aliphatic hydroxyl groups is 1. The highest BCUT2D eigenvalue weighted by Crippen LogP contribution is 2.31. The van der Waals surface area contributed by atoms with Crippen molar-refractivity contribution in [2.75, 3.05) is 0 Å². The zero-order valence-corrected chi connectivity index (χ0v) is 10.7. The van der Waals surface area contributed by atoms with Gasteiger partial charge >= 0.3 is 0 Å². The van der Waals surface area contributed by atoms with Gasteiger partial charge in [0.1, 0.15) is 11.9 Å². The first-order valence-corrected chi connectivity index (χ1v) is 6.51. The Morgan fingerprint density at radius 2 is 2.12 bits per heavy atom. The van der Waals surface area contributed by atoms with E-state index in [1.807, 2.05) is 25.3 Å². The Morgan fingerprint density at radius 3 is 2.82 bits per heavy atom. The Hall–Kier alpha value is -1.19. The SMILES string of the molecule is CCc1ccsc1C(O)c1cc(C)ccc1F. The van der Waals surface area contributed by atoms with Gasteiger partial charge in [-0.15, -0.1) is 11.3 Å².